The molecule has 1 aromatic heterocycles. The van der Waals surface area contributed by atoms with Crippen LogP contribution in [0, 0.1) is 11.7 Å². The van der Waals surface area contributed by atoms with Gasteiger partial charge in [-0.3, -0.25) is 9.78 Å². The zero-order valence-electron chi connectivity index (χ0n) is 13.7. The van der Waals surface area contributed by atoms with Crippen molar-refractivity contribution in [1.82, 2.24) is 9.88 Å². The van der Waals surface area contributed by atoms with Crippen molar-refractivity contribution in [3.05, 3.63) is 60.2 Å². The number of amides is 1. The lowest BCUT2D eigenvalue weighted by molar-refractivity contribution is -0.137. The molecule has 1 aromatic carbocycles. The Morgan fingerprint density at radius 2 is 2.17 bits per heavy atom. The van der Waals surface area contributed by atoms with Gasteiger partial charge in [0, 0.05) is 19.3 Å². The molecule has 0 radical (unpaired) electrons. The zero-order chi connectivity index (χ0) is 16.9. The Balaban J connectivity index is 1.52. The number of pyridine rings is 1. The Morgan fingerprint density at radius 1 is 1.38 bits per heavy atom. The van der Waals surface area contributed by atoms with Crippen molar-refractivity contribution < 1.29 is 13.9 Å². The molecule has 0 spiro atoms. The van der Waals surface area contributed by atoms with Gasteiger partial charge in [0.2, 0.25) is 0 Å². The van der Waals surface area contributed by atoms with Crippen molar-refractivity contribution in [1.29, 1.82) is 0 Å². The first-order valence-corrected chi connectivity index (χ1v) is 8.22. The summed E-state index contributed by atoms with van der Waals surface area (Å²) < 4.78 is 18.6. The Morgan fingerprint density at radius 3 is 2.88 bits per heavy atom. The van der Waals surface area contributed by atoms with E-state index in [0.29, 0.717) is 11.7 Å². The summed E-state index contributed by atoms with van der Waals surface area (Å²) in [5.74, 6) is 0.786. The molecule has 1 saturated heterocycles. The molecule has 1 fully saturated rings. The Bertz CT molecular complexity index is 676. The smallest absolute Gasteiger partial charge is 0.263 e. The maximum atomic E-state index is 13.0. The van der Waals surface area contributed by atoms with Gasteiger partial charge in [-0.05, 0) is 55.5 Å². The van der Waals surface area contributed by atoms with Gasteiger partial charge in [-0.2, -0.15) is 0 Å². The fourth-order valence-electron chi connectivity index (χ4n) is 3.08. The molecule has 2 atom stereocenters. The predicted octanol–water partition coefficient (Wildman–Crippen LogP) is 3.08. The molecule has 3 rings (SSSR count). The molecule has 0 saturated carbocycles. The van der Waals surface area contributed by atoms with Gasteiger partial charge in [0.15, 0.2) is 6.10 Å². The number of carbonyl (C=O) groups is 1. The lowest BCUT2D eigenvalue weighted by Gasteiger charge is -2.21. The molecule has 126 valence electrons. The molecule has 1 aliphatic rings. The lowest BCUT2D eigenvalue weighted by atomic mass is 9.99. The molecule has 5 heteroatoms. The normalized spacial score (nSPS) is 18.4. The van der Waals surface area contributed by atoms with E-state index in [1.807, 2.05) is 17.0 Å². The van der Waals surface area contributed by atoms with Crippen LogP contribution in [0.15, 0.2) is 48.8 Å². The summed E-state index contributed by atoms with van der Waals surface area (Å²) in [5.41, 5.74) is 1.11. The first-order valence-electron chi connectivity index (χ1n) is 8.22. The van der Waals surface area contributed by atoms with Crippen LogP contribution in [0.5, 0.6) is 5.75 Å². The SMILES string of the molecule is C[C@H](Oc1cccnc1)C(=O)N1CC[C@@H](Cc2ccc(F)cc2)C1. The number of carbonyl (C=O) groups excluding carboxylic acids is 1. The molecule has 0 aliphatic carbocycles. The summed E-state index contributed by atoms with van der Waals surface area (Å²) in [7, 11) is 0. The minimum absolute atomic E-state index is 0.000425. The highest BCUT2D eigenvalue weighted by molar-refractivity contribution is 5.81. The number of benzene rings is 1. The van der Waals surface area contributed by atoms with Crippen molar-refractivity contribution in [2.75, 3.05) is 13.1 Å². The molecular formula is C19H21FN2O2. The summed E-state index contributed by atoms with van der Waals surface area (Å²) in [6.45, 7) is 3.23. The minimum Gasteiger partial charge on any atom is -0.479 e. The minimum atomic E-state index is -0.529. The highest BCUT2D eigenvalue weighted by Crippen LogP contribution is 2.22. The first-order chi connectivity index (χ1) is 11.6. The van der Waals surface area contributed by atoms with Gasteiger partial charge in [0.05, 0.1) is 6.20 Å². The lowest BCUT2D eigenvalue weighted by Crippen LogP contribution is -2.39. The molecule has 24 heavy (non-hydrogen) atoms. The van der Waals surface area contributed by atoms with Crippen molar-refractivity contribution in [2.24, 2.45) is 5.92 Å². The van der Waals surface area contributed by atoms with E-state index in [1.54, 1.807) is 31.5 Å². The van der Waals surface area contributed by atoms with Crippen molar-refractivity contribution >= 4 is 5.91 Å². The van der Waals surface area contributed by atoms with Crippen LogP contribution in [0.1, 0.15) is 18.9 Å². The molecule has 4 nitrogen and oxygen atoms in total. The quantitative estimate of drug-likeness (QED) is 0.847. The Kier molecular flexibility index (Phi) is 5.08. The van der Waals surface area contributed by atoms with E-state index < -0.39 is 6.10 Å². The molecule has 2 heterocycles. The van der Waals surface area contributed by atoms with E-state index in [4.69, 9.17) is 4.74 Å². The highest BCUT2D eigenvalue weighted by Gasteiger charge is 2.30. The monoisotopic (exact) mass is 328 g/mol. The summed E-state index contributed by atoms with van der Waals surface area (Å²) in [4.78, 5) is 18.4. The number of nitrogens with zero attached hydrogens (tertiary/aromatic N) is 2. The number of hydrogen-bond donors (Lipinski definition) is 0. The van der Waals surface area contributed by atoms with E-state index in [9.17, 15) is 9.18 Å². The van der Waals surface area contributed by atoms with Crippen molar-refractivity contribution in [3.8, 4) is 5.75 Å². The summed E-state index contributed by atoms with van der Waals surface area (Å²) in [6, 6.07) is 10.2. The molecule has 0 bridgehead atoms. The molecule has 0 N–H and O–H groups in total. The van der Waals surface area contributed by atoms with Gasteiger partial charge in [-0.1, -0.05) is 12.1 Å². The van der Waals surface area contributed by atoms with Crippen LogP contribution in [-0.4, -0.2) is 35.0 Å². The molecule has 1 aliphatic heterocycles. The maximum Gasteiger partial charge on any atom is 0.263 e. The highest BCUT2D eigenvalue weighted by atomic mass is 19.1. The number of aromatic nitrogens is 1. The number of halogens is 1. The Hall–Kier alpha value is -2.43. The van der Waals surface area contributed by atoms with Crippen LogP contribution in [-0.2, 0) is 11.2 Å². The van der Waals surface area contributed by atoms with Gasteiger partial charge in [0.1, 0.15) is 11.6 Å². The van der Waals surface area contributed by atoms with E-state index >= 15 is 0 Å². The molecule has 1 amide bonds. The second-order valence-corrected chi connectivity index (χ2v) is 6.22. The van der Waals surface area contributed by atoms with Crippen LogP contribution in [0.25, 0.3) is 0 Å². The number of rotatable bonds is 5. The topological polar surface area (TPSA) is 42.4 Å². The van der Waals surface area contributed by atoms with Crippen LogP contribution in [0.4, 0.5) is 4.39 Å². The van der Waals surface area contributed by atoms with Gasteiger partial charge < -0.3 is 9.64 Å². The third kappa shape index (κ3) is 4.10. The number of ether oxygens (including phenoxy) is 1. The maximum absolute atomic E-state index is 13.0. The van der Waals surface area contributed by atoms with Gasteiger partial charge in [0.25, 0.3) is 5.91 Å². The van der Waals surface area contributed by atoms with Crippen molar-refractivity contribution in [3.63, 3.8) is 0 Å². The van der Waals surface area contributed by atoms with E-state index in [0.717, 1.165) is 31.5 Å². The molecular weight excluding hydrogens is 307 g/mol. The van der Waals surface area contributed by atoms with Crippen LogP contribution in [0.3, 0.4) is 0 Å². The second kappa shape index (κ2) is 7.43. The number of likely N-dealkylation sites (tertiary alicyclic amines) is 1. The average Bonchev–Trinajstić information content (AvgIpc) is 3.05. The third-order valence-corrected chi connectivity index (χ3v) is 4.33. The van der Waals surface area contributed by atoms with Crippen LogP contribution < -0.4 is 4.74 Å². The van der Waals surface area contributed by atoms with Gasteiger partial charge >= 0.3 is 0 Å². The second-order valence-electron chi connectivity index (χ2n) is 6.22. The Labute approximate surface area is 141 Å². The predicted molar refractivity (Wildman–Crippen MR) is 89.1 cm³/mol. The number of hydrogen-bond acceptors (Lipinski definition) is 3. The summed E-state index contributed by atoms with van der Waals surface area (Å²) in [6.07, 6.45) is 4.56. The molecule has 2 aromatic rings. The fraction of sp³-hybridized carbons (Fsp3) is 0.368. The van der Waals surface area contributed by atoms with Crippen molar-refractivity contribution in [2.45, 2.75) is 25.9 Å². The van der Waals surface area contributed by atoms with E-state index in [-0.39, 0.29) is 11.7 Å². The molecule has 0 unspecified atom stereocenters. The summed E-state index contributed by atoms with van der Waals surface area (Å²) in [5, 5.41) is 0. The largest absolute Gasteiger partial charge is 0.479 e. The van der Waals surface area contributed by atoms with Crippen LogP contribution in [0.2, 0.25) is 0 Å². The third-order valence-electron chi connectivity index (χ3n) is 4.33. The van der Waals surface area contributed by atoms with Gasteiger partial charge in [-0.25, -0.2) is 4.39 Å². The standard InChI is InChI=1S/C19H21FN2O2/c1-14(24-18-3-2-9-21-12-18)19(23)22-10-8-16(13-22)11-15-4-6-17(20)7-5-15/h2-7,9,12,14,16H,8,10-11,13H2,1H3/t14-,16-/m0/s1. The van der Waals surface area contributed by atoms with E-state index in [2.05, 4.69) is 4.98 Å². The average molecular weight is 328 g/mol. The van der Waals surface area contributed by atoms with Gasteiger partial charge in [-0.15, -0.1) is 0 Å². The summed E-state index contributed by atoms with van der Waals surface area (Å²) >= 11 is 0. The van der Waals surface area contributed by atoms with Crippen LogP contribution >= 0.6 is 0 Å². The zero-order valence-corrected chi connectivity index (χ0v) is 13.7. The fourth-order valence-corrected chi connectivity index (χ4v) is 3.08. The van der Waals surface area contributed by atoms with E-state index in [1.165, 1.54) is 12.1 Å². The first kappa shape index (κ1) is 16.4.